The maximum atomic E-state index is 12.9. The Bertz CT molecular complexity index is 1540. The number of methoxy groups -OCH3 is 2. The van der Waals surface area contributed by atoms with Crippen LogP contribution in [0.2, 0.25) is 0 Å². The summed E-state index contributed by atoms with van der Waals surface area (Å²) in [6.07, 6.45) is 17.3. The molecule has 0 amide bonds. The number of hydrogen-bond donors (Lipinski definition) is 0. The molecule has 4 aliphatic carbocycles. The molecule has 0 saturated heterocycles. The van der Waals surface area contributed by atoms with Crippen LogP contribution in [0.5, 0.6) is 0 Å². The summed E-state index contributed by atoms with van der Waals surface area (Å²) in [4.78, 5) is 38.8. The third-order valence-electron chi connectivity index (χ3n) is 15.6. The fourth-order valence-electron chi connectivity index (χ4n) is 12.4. The maximum Gasteiger partial charge on any atom is 0.311 e. The van der Waals surface area contributed by atoms with Gasteiger partial charge in [0.1, 0.15) is 12.3 Å². The lowest BCUT2D eigenvalue weighted by Gasteiger charge is -2.57. The van der Waals surface area contributed by atoms with Crippen LogP contribution in [0.15, 0.2) is 30.5 Å². The number of allylic oxidation sites excluding steroid dienone is 2. The van der Waals surface area contributed by atoms with Gasteiger partial charge in [0.25, 0.3) is 0 Å². The van der Waals surface area contributed by atoms with Crippen LogP contribution in [0.3, 0.4) is 0 Å². The SMILES string of the molecule is C=C1CCC2[C@](C)(CCC[C@]2(C)C(=O)OC)[C@H]1CC[C@@H](C)CCn1cc(COC(=O)C[C@H](C)CC[C@H]2C(=C)CCC3[C@]2(C)CCC[C@]3(C)C(=O)OC)nn1. The Balaban J connectivity index is 1.04. The molecular formula is C45H71N3O6. The zero-order chi connectivity index (χ0) is 39.5. The standard InChI is InChI=1S/C45H71N3O6/c1-30(13-17-35-32(3)15-19-37-42(35,5)22-11-24-44(37,7)40(50)52-9)21-26-48-28-34(46-47-48)29-54-39(49)27-31(2)14-18-36-33(4)16-20-38-43(36,6)23-12-25-45(38,8)41(51)53-10/h28,30-31,35-38H,3-4,11-27,29H2,1-2,5-10H3/t30-,31-,35+,36+,37?,38?,42-,43-,44+,45+/m1/s1. The minimum atomic E-state index is -0.448. The molecule has 0 radical (unpaired) electrons. The van der Waals surface area contributed by atoms with Crippen molar-refractivity contribution in [1.82, 2.24) is 15.0 Å². The van der Waals surface area contributed by atoms with E-state index in [1.165, 1.54) is 25.4 Å². The van der Waals surface area contributed by atoms with Gasteiger partial charge in [0, 0.05) is 13.0 Å². The van der Waals surface area contributed by atoms with Gasteiger partial charge in [-0.1, -0.05) is 76.5 Å². The lowest BCUT2D eigenvalue weighted by molar-refractivity contribution is -0.168. The number of aromatic nitrogens is 3. The molecule has 0 aliphatic heterocycles. The van der Waals surface area contributed by atoms with Crippen molar-refractivity contribution in [3.8, 4) is 0 Å². The molecule has 54 heavy (non-hydrogen) atoms. The first-order valence-electron chi connectivity index (χ1n) is 21.1. The Hall–Kier alpha value is -2.97. The quantitative estimate of drug-likeness (QED) is 0.0991. The summed E-state index contributed by atoms with van der Waals surface area (Å²) in [7, 11) is 3.04. The topological polar surface area (TPSA) is 110 Å². The van der Waals surface area contributed by atoms with Crippen LogP contribution in [0, 0.1) is 57.2 Å². The molecular weight excluding hydrogens is 679 g/mol. The molecule has 4 fully saturated rings. The molecule has 0 bridgehead atoms. The molecule has 0 spiro atoms. The zero-order valence-corrected chi connectivity index (χ0v) is 35.0. The average Bonchev–Trinajstić information content (AvgIpc) is 3.59. The van der Waals surface area contributed by atoms with E-state index < -0.39 is 10.8 Å². The first-order chi connectivity index (χ1) is 25.5. The van der Waals surface area contributed by atoms with E-state index in [1.54, 1.807) is 0 Å². The van der Waals surface area contributed by atoms with Gasteiger partial charge in [-0.05, 0) is 137 Å². The predicted molar refractivity (Wildman–Crippen MR) is 211 cm³/mol. The van der Waals surface area contributed by atoms with Gasteiger partial charge in [0.05, 0.1) is 31.2 Å². The normalized spacial score (nSPS) is 35.0. The molecule has 1 aromatic rings. The zero-order valence-electron chi connectivity index (χ0n) is 35.0. The molecule has 10 atom stereocenters. The number of esters is 3. The first kappa shape index (κ1) is 42.2. The lowest BCUT2D eigenvalue weighted by atomic mass is 9.46. The monoisotopic (exact) mass is 750 g/mol. The van der Waals surface area contributed by atoms with Crippen molar-refractivity contribution in [3.05, 3.63) is 36.2 Å². The Morgan fingerprint density at radius 2 is 1.30 bits per heavy atom. The molecule has 5 rings (SSSR count). The van der Waals surface area contributed by atoms with Crippen molar-refractivity contribution < 1.29 is 28.6 Å². The molecule has 302 valence electrons. The molecule has 4 saturated carbocycles. The summed E-state index contributed by atoms with van der Waals surface area (Å²) in [5.74, 6) is 1.70. The molecule has 9 nitrogen and oxygen atoms in total. The van der Waals surface area contributed by atoms with Crippen LogP contribution in [0.1, 0.15) is 150 Å². The molecule has 9 heteroatoms. The lowest BCUT2D eigenvalue weighted by Crippen LogP contribution is -2.53. The van der Waals surface area contributed by atoms with E-state index in [0.717, 1.165) is 103 Å². The molecule has 0 N–H and O–H groups in total. The average molecular weight is 750 g/mol. The summed E-state index contributed by atoms with van der Waals surface area (Å²) < 4.78 is 18.1. The summed E-state index contributed by atoms with van der Waals surface area (Å²) in [6.45, 7) is 23.4. The second kappa shape index (κ2) is 17.0. The number of nitrogens with zero attached hydrogens (tertiary/aromatic N) is 3. The van der Waals surface area contributed by atoms with E-state index in [2.05, 4.69) is 65.0 Å². The van der Waals surface area contributed by atoms with Crippen molar-refractivity contribution in [2.75, 3.05) is 14.2 Å². The molecule has 2 unspecified atom stereocenters. The highest BCUT2D eigenvalue weighted by molar-refractivity contribution is 5.77. The molecule has 1 aromatic heterocycles. The second-order valence-electron chi connectivity index (χ2n) is 19.1. The number of carbonyl (C=O) groups excluding carboxylic acids is 3. The van der Waals surface area contributed by atoms with Crippen molar-refractivity contribution in [3.63, 3.8) is 0 Å². The largest absolute Gasteiger partial charge is 0.469 e. The maximum absolute atomic E-state index is 12.9. The van der Waals surface area contributed by atoms with Crippen LogP contribution in [-0.4, -0.2) is 47.1 Å². The number of aryl methyl sites for hydroxylation is 1. The van der Waals surface area contributed by atoms with Gasteiger partial charge in [-0.3, -0.25) is 19.1 Å². The smallest absolute Gasteiger partial charge is 0.311 e. The number of carbonyl (C=O) groups is 3. The van der Waals surface area contributed by atoms with E-state index in [4.69, 9.17) is 14.2 Å². The van der Waals surface area contributed by atoms with Gasteiger partial charge < -0.3 is 14.2 Å². The highest BCUT2D eigenvalue weighted by Gasteiger charge is 2.59. The fraction of sp³-hybridized carbons (Fsp3) is 0.800. The second-order valence-corrected chi connectivity index (χ2v) is 19.1. The summed E-state index contributed by atoms with van der Waals surface area (Å²) >= 11 is 0. The predicted octanol–water partition coefficient (Wildman–Crippen LogP) is 9.84. The minimum absolute atomic E-state index is 0.0113. The van der Waals surface area contributed by atoms with E-state index >= 15 is 0 Å². The van der Waals surface area contributed by atoms with Crippen molar-refractivity contribution in [2.45, 2.75) is 157 Å². The summed E-state index contributed by atoms with van der Waals surface area (Å²) in [6, 6.07) is 0. The number of ether oxygens (including phenoxy) is 3. The van der Waals surface area contributed by atoms with Crippen LogP contribution < -0.4 is 0 Å². The Kier molecular flexibility index (Phi) is 13.3. The van der Waals surface area contributed by atoms with Gasteiger partial charge in [-0.15, -0.1) is 5.10 Å². The van der Waals surface area contributed by atoms with E-state index in [1.807, 2.05) is 10.9 Å². The van der Waals surface area contributed by atoms with Crippen LogP contribution in [0.4, 0.5) is 0 Å². The van der Waals surface area contributed by atoms with Gasteiger partial charge in [0.2, 0.25) is 0 Å². The summed E-state index contributed by atoms with van der Waals surface area (Å²) in [5.41, 5.74) is 2.53. The molecule has 4 aliphatic rings. The van der Waals surface area contributed by atoms with Crippen LogP contribution in [-0.2, 0) is 41.7 Å². The van der Waals surface area contributed by atoms with Crippen LogP contribution in [0.25, 0.3) is 0 Å². The van der Waals surface area contributed by atoms with Gasteiger partial charge >= 0.3 is 17.9 Å². The van der Waals surface area contributed by atoms with Crippen LogP contribution >= 0.6 is 0 Å². The van der Waals surface area contributed by atoms with Crippen molar-refractivity contribution in [2.24, 2.45) is 57.2 Å². The molecule has 0 aromatic carbocycles. The van der Waals surface area contributed by atoms with Gasteiger partial charge in [-0.25, -0.2) is 0 Å². The fourth-order valence-corrected chi connectivity index (χ4v) is 12.4. The Morgan fingerprint density at radius 3 is 1.80 bits per heavy atom. The van der Waals surface area contributed by atoms with Gasteiger partial charge in [0.15, 0.2) is 0 Å². The number of hydrogen-bond acceptors (Lipinski definition) is 8. The minimum Gasteiger partial charge on any atom is -0.469 e. The van der Waals surface area contributed by atoms with E-state index in [-0.39, 0.29) is 47.2 Å². The Labute approximate surface area is 325 Å². The summed E-state index contributed by atoms with van der Waals surface area (Å²) in [5, 5.41) is 8.62. The highest BCUT2D eigenvalue weighted by atomic mass is 16.5. The van der Waals surface area contributed by atoms with E-state index in [0.29, 0.717) is 35.8 Å². The third-order valence-corrected chi connectivity index (χ3v) is 15.6. The third kappa shape index (κ3) is 8.40. The first-order valence-corrected chi connectivity index (χ1v) is 21.1. The number of fused-ring (bicyclic) bond motifs is 2. The van der Waals surface area contributed by atoms with E-state index in [9.17, 15) is 14.4 Å². The Morgan fingerprint density at radius 1 is 0.796 bits per heavy atom. The van der Waals surface area contributed by atoms with Gasteiger partial charge in [-0.2, -0.15) is 0 Å². The molecule has 1 heterocycles. The van der Waals surface area contributed by atoms with Crippen molar-refractivity contribution >= 4 is 17.9 Å². The number of rotatable bonds is 15. The highest BCUT2D eigenvalue weighted by Crippen LogP contribution is 2.63. The van der Waals surface area contributed by atoms with Crippen molar-refractivity contribution in [1.29, 1.82) is 0 Å².